The first-order valence-electron chi connectivity index (χ1n) is 5.82. The average Bonchev–Trinajstić information content (AvgIpc) is 2.24. The van der Waals surface area contributed by atoms with Crippen molar-refractivity contribution >= 4 is 23.2 Å². The molecule has 0 bridgehead atoms. The first-order chi connectivity index (χ1) is 7.96. The summed E-state index contributed by atoms with van der Waals surface area (Å²) in [6, 6.07) is 5.38. The second-order valence-electron chi connectivity index (χ2n) is 4.55. The molecule has 0 saturated heterocycles. The van der Waals surface area contributed by atoms with Gasteiger partial charge in [-0.25, -0.2) is 0 Å². The molecule has 4 heteroatoms. The fourth-order valence-electron chi connectivity index (χ4n) is 1.68. The predicted molar refractivity (Wildman–Crippen MR) is 74.0 cm³/mol. The Bertz CT molecular complexity index is 346. The van der Waals surface area contributed by atoms with Gasteiger partial charge in [0.2, 0.25) is 0 Å². The van der Waals surface area contributed by atoms with Crippen molar-refractivity contribution in [2.24, 2.45) is 0 Å². The fourth-order valence-corrected chi connectivity index (χ4v) is 2.21. The maximum absolute atomic E-state index is 10.3. The van der Waals surface area contributed by atoms with Crippen LogP contribution in [0, 0.1) is 0 Å². The van der Waals surface area contributed by atoms with Gasteiger partial charge in [0.05, 0.1) is 5.60 Å². The van der Waals surface area contributed by atoms with Crippen molar-refractivity contribution in [3.63, 3.8) is 0 Å². The van der Waals surface area contributed by atoms with Crippen molar-refractivity contribution in [3.05, 3.63) is 33.8 Å². The number of aliphatic hydroxyl groups is 1. The van der Waals surface area contributed by atoms with Gasteiger partial charge in [-0.3, -0.25) is 0 Å². The Labute approximate surface area is 113 Å². The minimum absolute atomic E-state index is 0.447. The number of halogens is 2. The van der Waals surface area contributed by atoms with Crippen LogP contribution in [0.25, 0.3) is 0 Å². The molecule has 1 rings (SSSR count). The van der Waals surface area contributed by atoms with Gasteiger partial charge >= 0.3 is 0 Å². The molecule has 0 aliphatic rings. The molecule has 2 N–H and O–H groups in total. The molecule has 0 amide bonds. The van der Waals surface area contributed by atoms with Crippen molar-refractivity contribution in [3.8, 4) is 0 Å². The molecule has 1 atom stereocenters. The van der Waals surface area contributed by atoms with Crippen LogP contribution in [0.1, 0.15) is 25.8 Å². The Morgan fingerprint density at radius 3 is 2.41 bits per heavy atom. The largest absolute Gasteiger partial charge is 0.389 e. The van der Waals surface area contributed by atoms with Crippen LogP contribution >= 0.6 is 23.2 Å². The van der Waals surface area contributed by atoms with Crippen molar-refractivity contribution in [1.29, 1.82) is 0 Å². The lowest BCUT2D eigenvalue weighted by atomic mass is 9.96. The van der Waals surface area contributed by atoms with Crippen molar-refractivity contribution < 1.29 is 5.11 Å². The summed E-state index contributed by atoms with van der Waals surface area (Å²) in [5.41, 5.74) is -0.0387. The quantitative estimate of drug-likeness (QED) is 0.781. The molecule has 1 aromatic carbocycles. The maximum Gasteiger partial charge on any atom is 0.0784 e. The molecule has 1 unspecified atom stereocenters. The van der Waals surface area contributed by atoms with E-state index < -0.39 is 5.60 Å². The van der Waals surface area contributed by atoms with E-state index in [0.29, 0.717) is 23.0 Å². The predicted octanol–water partition coefficient (Wildman–Crippen LogP) is 3.29. The highest BCUT2D eigenvalue weighted by Gasteiger charge is 2.23. The van der Waals surface area contributed by atoms with E-state index in [1.54, 1.807) is 25.1 Å². The van der Waals surface area contributed by atoms with Crippen LogP contribution in [0.2, 0.25) is 10.0 Å². The van der Waals surface area contributed by atoms with Crippen LogP contribution in [-0.2, 0) is 6.42 Å². The first-order valence-corrected chi connectivity index (χ1v) is 6.58. The zero-order valence-electron chi connectivity index (χ0n) is 10.3. The van der Waals surface area contributed by atoms with E-state index in [2.05, 4.69) is 12.2 Å². The van der Waals surface area contributed by atoms with Crippen LogP contribution in [0.4, 0.5) is 0 Å². The zero-order valence-corrected chi connectivity index (χ0v) is 11.8. The standard InChI is InChI=1S/C13H19Cl2NO/c1-3-7-16-9-13(2,17)8-10-11(14)5-4-6-12(10)15/h4-6,16-17H,3,7-9H2,1-2H3. The van der Waals surface area contributed by atoms with E-state index >= 15 is 0 Å². The van der Waals surface area contributed by atoms with Crippen LogP contribution < -0.4 is 5.32 Å². The Morgan fingerprint density at radius 1 is 1.29 bits per heavy atom. The maximum atomic E-state index is 10.3. The van der Waals surface area contributed by atoms with Gasteiger partial charge in [-0.1, -0.05) is 36.2 Å². The summed E-state index contributed by atoms with van der Waals surface area (Å²) < 4.78 is 0. The van der Waals surface area contributed by atoms with E-state index in [4.69, 9.17) is 23.2 Å². The topological polar surface area (TPSA) is 32.3 Å². The molecule has 0 aliphatic carbocycles. The molecule has 0 aliphatic heterocycles. The minimum atomic E-state index is -0.843. The van der Waals surface area contributed by atoms with Crippen molar-refractivity contribution in [2.45, 2.75) is 32.3 Å². The van der Waals surface area contributed by atoms with E-state index in [1.807, 2.05) is 0 Å². The smallest absolute Gasteiger partial charge is 0.0784 e. The lowest BCUT2D eigenvalue weighted by molar-refractivity contribution is 0.0604. The van der Waals surface area contributed by atoms with Crippen LogP contribution in [0.3, 0.4) is 0 Å². The highest BCUT2D eigenvalue weighted by molar-refractivity contribution is 6.36. The van der Waals surface area contributed by atoms with Gasteiger partial charge in [0, 0.05) is 23.0 Å². The Kier molecular flexibility index (Phi) is 5.74. The van der Waals surface area contributed by atoms with E-state index in [9.17, 15) is 5.11 Å². The molecule has 1 aromatic rings. The summed E-state index contributed by atoms with van der Waals surface area (Å²) >= 11 is 12.2. The number of hydrogen-bond donors (Lipinski definition) is 2. The van der Waals surface area contributed by atoms with Crippen molar-refractivity contribution in [1.82, 2.24) is 5.32 Å². The van der Waals surface area contributed by atoms with E-state index in [0.717, 1.165) is 18.5 Å². The lowest BCUT2D eigenvalue weighted by Crippen LogP contribution is -2.40. The van der Waals surface area contributed by atoms with E-state index in [1.165, 1.54) is 0 Å². The molecule has 17 heavy (non-hydrogen) atoms. The number of benzene rings is 1. The van der Waals surface area contributed by atoms with Gasteiger partial charge < -0.3 is 10.4 Å². The minimum Gasteiger partial charge on any atom is -0.389 e. The molecule has 0 spiro atoms. The summed E-state index contributed by atoms with van der Waals surface area (Å²) in [7, 11) is 0. The summed E-state index contributed by atoms with van der Waals surface area (Å²) in [6.45, 7) is 5.30. The normalized spacial score (nSPS) is 14.6. The number of rotatable bonds is 6. The van der Waals surface area contributed by atoms with Gasteiger partial charge in [-0.15, -0.1) is 0 Å². The molecule has 0 radical (unpaired) electrons. The average molecular weight is 276 g/mol. The molecule has 2 nitrogen and oxygen atoms in total. The SMILES string of the molecule is CCCNCC(C)(O)Cc1c(Cl)cccc1Cl. The third kappa shape index (κ3) is 4.84. The highest BCUT2D eigenvalue weighted by Crippen LogP contribution is 2.27. The Hall–Kier alpha value is -0.280. The second kappa shape index (κ2) is 6.60. The van der Waals surface area contributed by atoms with Gasteiger partial charge in [0.1, 0.15) is 0 Å². The summed E-state index contributed by atoms with van der Waals surface area (Å²) in [5, 5.41) is 14.7. The van der Waals surface area contributed by atoms with Gasteiger partial charge in [-0.2, -0.15) is 0 Å². The third-order valence-electron chi connectivity index (χ3n) is 2.55. The third-order valence-corrected chi connectivity index (χ3v) is 3.26. The highest BCUT2D eigenvalue weighted by atomic mass is 35.5. The van der Waals surface area contributed by atoms with Crippen LogP contribution in [0.5, 0.6) is 0 Å². The molecular weight excluding hydrogens is 257 g/mol. The van der Waals surface area contributed by atoms with Gasteiger partial charge in [0.15, 0.2) is 0 Å². The zero-order chi connectivity index (χ0) is 12.9. The number of hydrogen-bond acceptors (Lipinski definition) is 2. The monoisotopic (exact) mass is 275 g/mol. The number of nitrogens with one attached hydrogen (secondary N) is 1. The Balaban J connectivity index is 2.69. The first kappa shape index (κ1) is 14.8. The second-order valence-corrected chi connectivity index (χ2v) is 5.37. The molecule has 0 saturated carbocycles. The van der Waals surface area contributed by atoms with Gasteiger partial charge in [0.25, 0.3) is 0 Å². The lowest BCUT2D eigenvalue weighted by Gasteiger charge is -2.24. The summed E-state index contributed by atoms with van der Waals surface area (Å²) in [4.78, 5) is 0. The molecule has 96 valence electrons. The molecular formula is C13H19Cl2NO. The molecule has 0 heterocycles. The summed E-state index contributed by atoms with van der Waals surface area (Å²) in [6.07, 6.45) is 1.49. The van der Waals surface area contributed by atoms with Crippen LogP contribution in [-0.4, -0.2) is 23.8 Å². The van der Waals surface area contributed by atoms with E-state index in [-0.39, 0.29) is 0 Å². The van der Waals surface area contributed by atoms with Gasteiger partial charge in [-0.05, 0) is 37.6 Å². The molecule has 0 aromatic heterocycles. The summed E-state index contributed by atoms with van der Waals surface area (Å²) in [5.74, 6) is 0. The molecule has 0 fully saturated rings. The van der Waals surface area contributed by atoms with Crippen molar-refractivity contribution in [2.75, 3.05) is 13.1 Å². The fraction of sp³-hybridized carbons (Fsp3) is 0.538. The Morgan fingerprint density at radius 2 is 1.88 bits per heavy atom. The van der Waals surface area contributed by atoms with Crippen LogP contribution in [0.15, 0.2) is 18.2 Å².